The number of nitrogens with zero attached hydrogens (tertiary/aromatic N) is 6. The second-order valence-electron chi connectivity index (χ2n) is 11.3. The third-order valence-electron chi connectivity index (χ3n) is 8.92. The smallest absolute Gasteiger partial charge is 0.261 e. The fraction of sp³-hybridized carbons (Fsp3) is 0.448. The van der Waals surface area contributed by atoms with Crippen molar-refractivity contribution in [3.8, 4) is 11.3 Å². The fourth-order valence-electron chi connectivity index (χ4n) is 6.65. The molecule has 11 heteroatoms. The van der Waals surface area contributed by atoms with Gasteiger partial charge in [-0.25, -0.2) is 14.4 Å². The van der Waals surface area contributed by atoms with Crippen molar-refractivity contribution in [2.45, 2.75) is 32.0 Å². The van der Waals surface area contributed by atoms with Gasteiger partial charge in [-0.05, 0) is 48.4 Å². The second kappa shape index (κ2) is 9.36. The molecule has 4 aromatic rings. The molecule has 0 bridgehead atoms. The van der Waals surface area contributed by atoms with Crippen molar-refractivity contribution in [3.05, 3.63) is 69.2 Å². The van der Waals surface area contributed by atoms with Gasteiger partial charge in [-0.3, -0.25) is 14.0 Å². The van der Waals surface area contributed by atoms with Gasteiger partial charge in [0, 0.05) is 54.9 Å². The van der Waals surface area contributed by atoms with Crippen molar-refractivity contribution in [2.75, 3.05) is 37.8 Å². The predicted octanol–water partition coefficient (Wildman–Crippen LogP) is 3.86. The van der Waals surface area contributed by atoms with Gasteiger partial charge in [0.1, 0.15) is 34.8 Å². The summed E-state index contributed by atoms with van der Waals surface area (Å²) in [6, 6.07) is 6.30. The van der Waals surface area contributed by atoms with Gasteiger partial charge >= 0.3 is 0 Å². The van der Waals surface area contributed by atoms with Gasteiger partial charge in [0.25, 0.3) is 5.56 Å². The largest absolute Gasteiger partial charge is 0.381 e. The zero-order valence-electron chi connectivity index (χ0n) is 21.8. The summed E-state index contributed by atoms with van der Waals surface area (Å²) < 4.78 is 30.6. The zero-order valence-corrected chi connectivity index (χ0v) is 22.6. The summed E-state index contributed by atoms with van der Waals surface area (Å²) in [5.74, 6) is 2.81. The minimum Gasteiger partial charge on any atom is -0.381 e. The Hall–Kier alpha value is -3.34. The molecule has 206 valence electrons. The number of fused-ring (bicyclic) bond motifs is 3. The minimum absolute atomic E-state index is 0.113. The molecular weight excluding hydrogens is 535 g/mol. The number of hydrogen-bond acceptors (Lipinski definition) is 7. The number of morpholine rings is 1. The molecule has 4 aliphatic rings. The van der Waals surface area contributed by atoms with Gasteiger partial charge in [0.2, 0.25) is 0 Å². The van der Waals surface area contributed by atoms with E-state index in [0.29, 0.717) is 83.7 Å². The third kappa shape index (κ3) is 4.03. The molecule has 9 nitrogen and oxygen atoms in total. The van der Waals surface area contributed by atoms with Gasteiger partial charge in [-0.15, -0.1) is 0 Å². The Morgan fingerprint density at radius 2 is 2.00 bits per heavy atom. The molecule has 0 spiro atoms. The summed E-state index contributed by atoms with van der Waals surface area (Å²) in [6.45, 7) is 4.90. The zero-order chi connectivity index (χ0) is 27.0. The van der Waals surface area contributed by atoms with Crippen LogP contribution < -0.4 is 10.5 Å². The maximum Gasteiger partial charge on any atom is 0.261 e. The van der Waals surface area contributed by atoms with Crippen LogP contribution in [-0.2, 0) is 29.0 Å². The van der Waals surface area contributed by atoms with Crippen molar-refractivity contribution in [3.63, 3.8) is 0 Å². The number of hydrogen-bond donors (Lipinski definition) is 0. The molecule has 3 fully saturated rings. The molecule has 3 atom stereocenters. The van der Waals surface area contributed by atoms with Gasteiger partial charge in [-0.2, -0.15) is 5.10 Å². The highest BCUT2D eigenvalue weighted by Gasteiger charge is 2.53. The van der Waals surface area contributed by atoms with Crippen LogP contribution in [0.4, 0.5) is 10.2 Å². The number of rotatable bonds is 5. The van der Waals surface area contributed by atoms with E-state index in [1.807, 2.05) is 10.9 Å². The molecular formula is C29H28ClFN6O3. The first-order chi connectivity index (χ1) is 19.5. The number of aryl methyl sites for hydroxylation is 1. The Labute approximate surface area is 234 Å². The molecule has 1 saturated carbocycles. The number of halogens is 2. The quantitative estimate of drug-likeness (QED) is 0.365. The summed E-state index contributed by atoms with van der Waals surface area (Å²) in [7, 11) is 0. The Balaban J connectivity index is 1.14. The molecule has 0 amide bonds. The molecule has 2 saturated heterocycles. The van der Waals surface area contributed by atoms with Crippen molar-refractivity contribution in [2.24, 2.45) is 17.8 Å². The molecule has 1 aromatic carbocycles. The van der Waals surface area contributed by atoms with E-state index in [1.54, 1.807) is 22.8 Å². The van der Waals surface area contributed by atoms with E-state index in [9.17, 15) is 4.79 Å². The van der Waals surface area contributed by atoms with Gasteiger partial charge < -0.3 is 14.4 Å². The van der Waals surface area contributed by atoms with Crippen LogP contribution in [0.25, 0.3) is 22.2 Å². The summed E-state index contributed by atoms with van der Waals surface area (Å²) in [6.07, 6.45) is 5.33. The SMILES string of the molecule is O=c1c2cc(N3CCO[C@@H](c4cnn(CC5C6COCC65)c4)C3)nc(-c3ccc(Cl)cc3F)c2nc2n1CCC2. The average molecular weight is 563 g/mol. The van der Waals surface area contributed by atoms with E-state index in [0.717, 1.165) is 31.7 Å². The number of benzene rings is 1. The first-order valence-electron chi connectivity index (χ1n) is 13.9. The summed E-state index contributed by atoms with van der Waals surface area (Å²) in [5, 5.41) is 5.35. The van der Waals surface area contributed by atoms with E-state index >= 15 is 4.39 Å². The predicted molar refractivity (Wildman–Crippen MR) is 147 cm³/mol. The summed E-state index contributed by atoms with van der Waals surface area (Å²) in [5.41, 5.74) is 1.94. The van der Waals surface area contributed by atoms with E-state index in [4.69, 9.17) is 31.0 Å². The van der Waals surface area contributed by atoms with E-state index in [2.05, 4.69) is 16.2 Å². The van der Waals surface area contributed by atoms with Crippen LogP contribution in [0.15, 0.2) is 41.5 Å². The Kier molecular flexibility index (Phi) is 5.72. The Bertz CT molecular complexity index is 1700. The van der Waals surface area contributed by atoms with Crippen LogP contribution in [0.2, 0.25) is 5.02 Å². The van der Waals surface area contributed by atoms with E-state index < -0.39 is 5.82 Å². The van der Waals surface area contributed by atoms with Crippen LogP contribution in [0.3, 0.4) is 0 Å². The maximum atomic E-state index is 15.2. The number of anilines is 1. The lowest BCUT2D eigenvalue weighted by molar-refractivity contribution is 0.0394. The molecule has 0 radical (unpaired) electrons. The molecule has 6 heterocycles. The van der Waals surface area contributed by atoms with E-state index in [-0.39, 0.29) is 17.2 Å². The average Bonchev–Trinajstić information content (AvgIpc) is 3.47. The standard InChI is InChI=1S/C29H28ClFN6O3/c30-17-3-4-18(23(31)8-17)27-28-19(29(38)37-5-1-2-25(37)33-28)9-26(34-27)35-6-7-40-24(13-35)16-10-32-36(11-16)12-20-21-14-39-15-22(20)21/h3-4,8-11,20-22,24H,1-2,5-7,12-15H2/t20?,21?,22?,24-/m1/s1. The highest BCUT2D eigenvalue weighted by Crippen LogP contribution is 2.51. The molecule has 3 aliphatic heterocycles. The molecule has 1 aliphatic carbocycles. The highest BCUT2D eigenvalue weighted by molar-refractivity contribution is 6.30. The van der Waals surface area contributed by atoms with Crippen LogP contribution in [-0.4, -0.2) is 57.2 Å². The first-order valence-corrected chi connectivity index (χ1v) is 14.3. The normalized spacial score (nSPS) is 25.4. The number of pyridine rings is 1. The Morgan fingerprint density at radius 1 is 1.12 bits per heavy atom. The van der Waals surface area contributed by atoms with Crippen LogP contribution in [0.5, 0.6) is 0 Å². The molecule has 0 N–H and O–H groups in total. The van der Waals surface area contributed by atoms with Crippen LogP contribution in [0.1, 0.15) is 23.9 Å². The fourth-order valence-corrected chi connectivity index (χ4v) is 6.81. The van der Waals surface area contributed by atoms with Gasteiger partial charge in [0.15, 0.2) is 0 Å². The maximum absolute atomic E-state index is 15.2. The summed E-state index contributed by atoms with van der Waals surface area (Å²) >= 11 is 6.05. The van der Waals surface area contributed by atoms with Crippen LogP contribution >= 0.6 is 11.6 Å². The first kappa shape index (κ1) is 24.5. The topological polar surface area (TPSA) is 87.3 Å². The lowest BCUT2D eigenvalue weighted by Crippen LogP contribution is -2.39. The second-order valence-corrected chi connectivity index (χ2v) is 11.7. The number of aromatic nitrogens is 5. The molecule has 40 heavy (non-hydrogen) atoms. The van der Waals surface area contributed by atoms with Gasteiger partial charge in [0.05, 0.1) is 31.4 Å². The summed E-state index contributed by atoms with van der Waals surface area (Å²) in [4.78, 5) is 25.4. The van der Waals surface area contributed by atoms with Crippen molar-refractivity contribution >= 4 is 28.3 Å². The monoisotopic (exact) mass is 562 g/mol. The van der Waals surface area contributed by atoms with Crippen molar-refractivity contribution < 1.29 is 13.9 Å². The molecule has 3 aromatic heterocycles. The van der Waals surface area contributed by atoms with E-state index in [1.165, 1.54) is 6.07 Å². The molecule has 8 rings (SSSR count). The van der Waals surface area contributed by atoms with Crippen molar-refractivity contribution in [1.82, 2.24) is 24.3 Å². The Morgan fingerprint density at radius 3 is 2.85 bits per heavy atom. The van der Waals surface area contributed by atoms with Crippen molar-refractivity contribution in [1.29, 1.82) is 0 Å². The minimum atomic E-state index is -0.500. The lowest BCUT2D eigenvalue weighted by Gasteiger charge is -2.33. The van der Waals surface area contributed by atoms with Crippen LogP contribution in [0, 0.1) is 23.6 Å². The van der Waals surface area contributed by atoms with Gasteiger partial charge in [-0.1, -0.05) is 11.6 Å². The number of ether oxygens (including phenoxy) is 2. The third-order valence-corrected chi connectivity index (χ3v) is 9.15. The highest BCUT2D eigenvalue weighted by atomic mass is 35.5. The lowest BCUT2D eigenvalue weighted by atomic mass is 10.1. The molecule has 2 unspecified atom stereocenters.